The molecule has 128 valence electrons. The lowest BCUT2D eigenvalue weighted by molar-refractivity contribution is -0.133. The Labute approximate surface area is 143 Å². The quantitative estimate of drug-likeness (QED) is 0.504. The number of carbonyl (C=O) groups is 2. The molecule has 0 aromatic rings. The van der Waals surface area contributed by atoms with E-state index in [-0.39, 0.29) is 11.1 Å². The number of hydrogen-bond donors (Lipinski definition) is 2. The number of carboxylic acids is 2. The molecule has 0 heterocycles. The fraction of sp³-hybridized carbons (Fsp3) is 0.200. The van der Waals surface area contributed by atoms with Crippen LogP contribution in [0.1, 0.15) is 27.7 Å². The zero-order chi connectivity index (χ0) is 18.5. The van der Waals surface area contributed by atoms with E-state index in [0.717, 1.165) is 11.1 Å². The second-order valence-corrected chi connectivity index (χ2v) is 5.23. The molecule has 0 aliphatic rings. The molecule has 4 nitrogen and oxygen atoms in total. The molecule has 24 heavy (non-hydrogen) atoms. The van der Waals surface area contributed by atoms with Crippen molar-refractivity contribution in [3.8, 4) is 0 Å². The van der Waals surface area contributed by atoms with Gasteiger partial charge in [0, 0.05) is 11.1 Å². The molecule has 0 atom stereocenters. The van der Waals surface area contributed by atoms with E-state index in [1.807, 2.05) is 50.3 Å². The zero-order valence-corrected chi connectivity index (χ0v) is 14.5. The van der Waals surface area contributed by atoms with Crippen LogP contribution >= 0.6 is 0 Å². The molecule has 0 aromatic heterocycles. The lowest BCUT2D eigenvalue weighted by atomic mass is 10.2. The van der Waals surface area contributed by atoms with Crippen molar-refractivity contribution in [1.82, 2.24) is 0 Å². The van der Waals surface area contributed by atoms with Gasteiger partial charge in [-0.3, -0.25) is 0 Å². The van der Waals surface area contributed by atoms with Crippen LogP contribution in [0.25, 0.3) is 0 Å². The first kappa shape index (κ1) is 21.1. The van der Waals surface area contributed by atoms with Gasteiger partial charge < -0.3 is 10.2 Å². The molecule has 0 spiro atoms. The van der Waals surface area contributed by atoms with Gasteiger partial charge in [0.05, 0.1) is 0 Å². The van der Waals surface area contributed by atoms with Crippen molar-refractivity contribution in [2.75, 3.05) is 0 Å². The summed E-state index contributed by atoms with van der Waals surface area (Å²) in [5.74, 6) is -1.86. The molecule has 0 saturated heterocycles. The summed E-state index contributed by atoms with van der Waals surface area (Å²) in [6.45, 7) is 6.92. The topological polar surface area (TPSA) is 74.6 Å². The van der Waals surface area contributed by atoms with Crippen molar-refractivity contribution in [2.24, 2.45) is 0 Å². The van der Waals surface area contributed by atoms with Crippen molar-refractivity contribution in [1.29, 1.82) is 0 Å². The maximum Gasteiger partial charge on any atom is 0.331 e. The van der Waals surface area contributed by atoms with Gasteiger partial charge in [0.1, 0.15) is 0 Å². The van der Waals surface area contributed by atoms with Gasteiger partial charge in [-0.1, -0.05) is 71.9 Å². The van der Waals surface area contributed by atoms with Crippen molar-refractivity contribution in [2.45, 2.75) is 27.7 Å². The highest BCUT2D eigenvalue weighted by molar-refractivity contribution is 5.86. The molecule has 4 heteroatoms. The summed E-state index contributed by atoms with van der Waals surface area (Å²) < 4.78 is 0. The Balaban J connectivity index is 4.63. The molecular weight excluding hydrogens is 304 g/mol. The van der Waals surface area contributed by atoms with E-state index in [2.05, 4.69) is 0 Å². The lowest BCUT2D eigenvalue weighted by Gasteiger charge is -1.90. The van der Waals surface area contributed by atoms with Crippen molar-refractivity contribution < 1.29 is 19.8 Å². The van der Waals surface area contributed by atoms with E-state index in [1.54, 1.807) is 38.2 Å². The Morgan fingerprint density at radius 1 is 0.583 bits per heavy atom. The van der Waals surface area contributed by atoms with Crippen LogP contribution in [0.4, 0.5) is 0 Å². The third-order valence-electron chi connectivity index (χ3n) is 2.91. The Morgan fingerprint density at radius 2 is 0.917 bits per heavy atom. The maximum absolute atomic E-state index is 10.6. The number of carboxylic acid groups (broad SMARTS) is 2. The number of allylic oxidation sites excluding steroid dienone is 12. The van der Waals surface area contributed by atoms with Crippen LogP contribution in [-0.2, 0) is 9.59 Å². The molecule has 0 saturated carbocycles. The average molecular weight is 328 g/mol. The Morgan fingerprint density at radius 3 is 1.21 bits per heavy atom. The van der Waals surface area contributed by atoms with E-state index < -0.39 is 11.9 Å². The van der Waals surface area contributed by atoms with Crippen molar-refractivity contribution >= 4 is 11.9 Å². The summed E-state index contributed by atoms with van der Waals surface area (Å²) in [5.41, 5.74) is 2.55. The minimum atomic E-state index is -0.928. The summed E-state index contributed by atoms with van der Waals surface area (Å²) in [4.78, 5) is 21.2. The monoisotopic (exact) mass is 328 g/mol. The predicted octanol–water partition coefficient (Wildman–Crippen LogP) is 4.61. The second-order valence-electron chi connectivity index (χ2n) is 5.23. The van der Waals surface area contributed by atoms with Gasteiger partial charge in [-0.25, -0.2) is 9.59 Å². The summed E-state index contributed by atoms with van der Waals surface area (Å²) in [6.07, 6.45) is 17.7. The molecule has 0 radical (unpaired) electrons. The minimum absolute atomic E-state index is 0.284. The van der Waals surface area contributed by atoms with Gasteiger partial charge in [-0.2, -0.15) is 0 Å². The van der Waals surface area contributed by atoms with Crippen LogP contribution in [-0.4, -0.2) is 22.2 Å². The third-order valence-corrected chi connectivity index (χ3v) is 2.91. The van der Waals surface area contributed by atoms with Crippen molar-refractivity contribution in [3.63, 3.8) is 0 Å². The summed E-state index contributed by atoms with van der Waals surface area (Å²) >= 11 is 0. The molecule has 0 rings (SSSR count). The van der Waals surface area contributed by atoms with Crippen LogP contribution in [0.3, 0.4) is 0 Å². The molecule has 0 unspecified atom stereocenters. The first-order chi connectivity index (χ1) is 11.2. The van der Waals surface area contributed by atoms with Gasteiger partial charge in [0.25, 0.3) is 0 Å². The number of hydrogen-bond acceptors (Lipinski definition) is 2. The average Bonchev–Trinajstić information content (AvgIpc) is 2.51. The van der Waals surface area contributed by atoms with Crippen LogP contribution in [0.5, 0.6) is 0 Å². The highest BCUT2D eigenvalue weighted by atomic mass is 16.4. The number of aliphatic carboxylic acids is 2. The van der Waals surface area contributed by atoms with Gasteiger partial charge in [0.15, 0.2) is 0 Å². The van der Waals surface area contributed by atoms with Gasteiger partial charge in [-0.05, 0) is 27.7 Å². The third kappa shape index (κ3) is 10.8. The second kappa shape index (κ2) is 11.7. The summed E-state index contributed by atoms with van der Waals surface area (Å²) in [6, 6.07) is 0. The highest BCUT2D eigenvalue weighted by Crippen LogP contribution is 2.01. The molecule has 2 N–H and O–H groups in total. The standard InChI is InChI=1S/C20H24O4/c1-15(11-7-13-17(3)19(21)22)9-5-6-10-16(2)12-8-14-18(4)20(23)24/h5-14H,1-4H3,(H,21,22)(H,23,24)/b6-5+,11-7+,12-8+,15-9-,16-10-,17-13-,18-14+. The van der Waals surface area contributed by atoms with E-state index in [1.165, 1.54) is 0 Å². The predicted molar refractivity (Wildman–Crippen MR) is 97.7 cm³/mol. The molecule has 0 aromatic carbocycles. The Kier molecular flexibility index (Phi) is 10.3. The zero-order valence-electron chi connectivity index (χ0n) is 14.5. The van der Waals surface area contributed by atoms with Crippen LogP contribution in [0.2, 0.25) is 0 Å². The van der Waals surface area contributed by atoms with E-state index in [4.69, 9.17) is 10.2 Å². The molecule has 0 bridgehead atoms. The molecule has 0 fully saturated rings. The molecular formula is C20H24O4. The minimum Gasteiger partial charge on any atom is -0.478 e. The van der Waals surface area contributed by atoms with Gasteiger partial charge in [0.2, 0.25) is 0 Å². The Hall–Kier alpha value is -2.88. The highest BCUT2D eigenvalue weighted by Gasteiger charge is 1.96. The van der Waals surface area contributed by atoms with Crippen LogP contribution in [0.15, 0.2) is 83.1 Å². The van der Waals surface area contributed by atoms with E-state index >= 15 is 0 Å². The lowest BCUT2D eigenvalue weighted by Crippen LogP contribution is -1.94. The first-order valence-electron chi connectivity index (χ1n) is 7.42. The molecule has 0 amide bonds. The number of rotatable bonds is 8. The smallest absolute Gasteiger partial charge is 0.331 e. The molecule has 0 aliphatic carbocycles. The SMILES string of the molecule is CC(=C/C=C/C=C(C)\C=C\C=C(/C)C(=O)O)/C=C/C=C(/C)C(=O)O. The van der Waals surface area contributed by atoms with Gasteiger partial charge in [-0.15, -0.1) is 0 Å². The fourth-order valence-corrected chi connectivity index (χ4v) is 1.36. The van der Waals surface area contributed by atoms with Gasteiger partial charge >= 0.3 is 11.9 Å². The Bertz CT molecular complexity index is 608. The largest absolute Gasteiger partial charge is 0.478 e. The van der Waals surface area contributed by atoms with Crippen LogP contribution in [0, 0.1) is 0 Å². The summed E-state index contributed by atoms with van der Waals surface area (Å²) in [5, 5.41) is 17.4. The fourth-order valence-electron chi connectivity index (χ4n) is 1.36. The molecule has 0 aliphatic heterocycles. The van der Waals surface area contributed by atoms with E-state index in [9.17, 15) is 9.59 Å². The van der Waals surface area contributed by atoms with E-state index in [0.29, 0.717) is 0 Å². The van der Waals surface area contributed by atoms with Crippen molar-refractivity contribution in [3.05, 3.63) is 83.1 Å². The first-order valence-corrected chi connectivity index (χ1v) is 7.42. The maximum atomic E-state index is 10.6. The summed E-state index contributed by atoms with van der Waals surface area (Å²) in [7, 11) is 0. The van der Waals surface area contributed by atoms with Crippen LogP contribution < -0.4 is 0 Å². The normalized spacial score (nSPS) is 15.0.